The summed E-state index contributed by atoms with van der Waals surface area (Å²) >= 11 is 9.69. The maximum atomic E-state index is 14.2. The molecule has 0 bridgehead atoms. The first-order chi connectivity index (χ1) is 9.60. The molecule has 0 amide bonds. The molecule has 0 fully saturated rings. The van der Waals surface area contributed by atoms with E-state index in [2.05, 4.69) is 26.3 Å². The summed E-state index contributed by atoms with van der Waals surface area (Å²) in [6, 6.07) is 4.39. The average molecular weight is 361 g/mol. The van der Waals surface area contributed by atoms with Crippen LogP contribution in [0.3, 0.4) is 0 Å². The van der Waals surface area contributed by atoms with Crippen LogP contribution in [0.2, 0.25) is 5.02 Å². The second-order valence-electron chi connectivity index (χ2n) is 4.32. The van der Waals surface area contributed by atoms with E-state index in [0.29, 0.717) is 23.7 Å². The van der Waals surface area contributed by atoms with Crippen molar-refractivity contribution in [2.45, 2.75) is 26.4 Å². The molecule has 20 heavy (non-hydrogen) atoms. The van der Waals surface area contributed by atoms with E-state index in [1.807, 2.05) is 18.5 Å². The van der Waals surface area contributed by atoms with Crippen molar-refractivity contribution in [3.63, 3.8) is 0 Å². The predicted octanol–water partition coefficient (Wildman–Crippen LogP) is 4.16. The number of aromatic nitrogens is 2. The van der Waals surface area contributed by atoms with Gasteiger partial charge in [-0.15, -0.1) is 0 Å². The van der Waals surface area contributed by atoms with Crippen molar-refractivity contribution < 1.29 is 4.39 Å². The van der Waals surface area contributed by atoms with Crippen LogP contribution < -0.4 is 5.32 Å². The molecule has 0 saturated carbocycles. The molecule has 108 valence electrons. The van der Waals surface area contributed by atoms with Crippen molar-refractivity contribution in [3.05, 3.63) is 51.0 Å². The zero-order valence-electron chi connectivity index (χ0n) is 11.3. The minimum atomic E-state index is -0.342. The third-order valence-corrected chi connectivity index (χ3v) is 4.04. The van der Waals surface area contributed by atoms with E-state index in [4.69, 9.17) is 11.6 Å². The highest BCUT2D eigenvalue weighted by Gasteiger charge is 2.25. The summed E-state index contributed by atoms with van der Waals surface area (Å²) in [6.07, 6.45) is 1.72. The molecule has 0 aliphatic rings. The average Bonchev–Trinajstić information content (AvgIpc) is 2.78. The van der Waals surface area contributed by atoms with Gasteiger partial charge in [0.25, 0.3) is 0 Å². The van der Waals surface area contributed by atoms with Crippen molar-refractivity contribution in [1.82, 2.24) is 15.1 Å². The molecule has 1 aromatic carbocycles. The molecule has 2 aromatic rings. The van der Waals surface area contributed by atoms with Crippen LogP contribution in [0.4, 0.5) is 4.39 Å². The van der Waals surface area contributed by atoms with Gasteiger partial charge in [-0.1, -0.05) is 24.6 Å². The van der Waals surface area contributed by atoms with E-state index in [0.717, 1.165) is 10.2 Å². The summed E-state index contributed by atoms with van der Waals surface area (Å²) in [5, 5.41) is 7.98. The second-order valence-corrected chi connectivity index (χ2v) is 5.58. The highest BCUT2D eigenvalue weighted by atomic mass is 79.9. The fourth-order valence-electron chi connectivity index (χ4n) is 2.24. The highest BCUT2D eigenvalue weighted by molar-refractivity contribution is 9.10. The summed E-state index contributed by atoms with van der Waals surface area (Å²) in [5.74, 6) is -0.320. The highest BCUT2D eigenvalue weighted by Crippen LogP contribution is 2.34. The van der Waals surface area contributed by atoms with Gasteiger partial charge in [-0.25, -0.2) is 4.39 Å². The maximum Gasteiger partial charge on any atom is 0.129 e. The first kappa shape index (κ1) is 15.5. The second kappa shape index (κ2) is 6.70. The minimum absolute atomic E-state index is 0.320. The fraction of sp³-hybridized carbons (Fsp3) is 0.357. The number of rotatable bonds is 5. The Labute approximate surface area is 131 Å². The van der Waals surface area contributed by atoms with Crippen molar-refractivity contribution in [3.8, 4) is 0 Å². The molecule has 0 radical (unpaired) electrons. The van der Waals surface area contributed by atoms with Gasteiger partial charge in [0.15, 0.2) is 0 Å². The topological polar surface area (TPSA) is 29.9 Å². The summed E-state index contributed by atoms with van der Waals surface area (Å²) in [7, 11) is 0. The standard InChI is InChI=1S/C14H16BrClFN3/c1-3-18-13(12-10(16)6-5-7-11(12)17)14-9(15)8-19-20(14)4-2/h5-8,13,18H,3-4H2,1-2H3. The van der Waals surface area contributed by atoms with Crippen molar-refractivity contribution >= 4 is 27.5 Å². The van der Waals surface area contributed by atoms with E-state index in [-0.39, 0.29) is 11.9 Å². The Morgan fingerprint density at radius 2 is 2.20 bits per heavy atom. The fourth-order valence-corrected chi connectivity index (χ4v) is 3.03. The summed E-state index contributed by atoms with van der Waals surface area (Å²) in [5.41, 5.74) is 1.33. The van der Waals surface area contributed by atoms with Gasteiger partial charge >= 0.3 is 0 Å². The largest absolute Gasteiger partial charge is 0.305 e. The van der Waals surface area contributed by atoms with E-state index >= 15 is 0 Å². The van der Waals surface area contributed by atoms with Gasteiger partial charge in [0.05, 0.1) is 22.4 Å². The van der Waals surface area contributed by atoms with Crippen LogP contribution in [0.25, 0.3) is 0 Å². The van der Waals surface area contributed by atoms with Gasteiger partial charge in [0.2, 0.25) is 0 Å². The molecule has 0 aliphatic heterocycles. The summed E-state index contributed by atoms with van der Waals surface area (Å²) in [4.78, 5) is 0. The Morgan fingerprint density at radius 3 is 2.80 bits per heavy atom. The zero-order chi connectivity index (χ0) is 14.7. The molecule has 1 unspecified atom stereocenters. The number of benzene rings is 1. The van der Waals surface area contributed by atoms with E-state index in [1.54, 1.807) is 18.3 Å². The maximum absolute atomic E-state index is 14.2. The molecule has 1 aromatic heterocycles. The molecule has 2 rings (SSSR count). The van der Waals surface area contributed by atoms with Crippen LogP contribution in [0, 0.1) is 5.82 Å². The Hall–Kier alpha value is -0.910. The third-order valence-electron chi connectivity index (χ3n) is 3.10. The Bertz CT molecular complexity index is 580. The quantitative estimate of drug-likeness (QED) is 0.868. The molecule has 1 atom stereocenters. The molecule has 1 N–H and O–H groups in total. The molecule has 1 heterocycles. The van der Waals surface area contributed by atoms with Crippen molar-refractivity contribution in [1.29, 1.82) is 0 Å². The number of aryl methyl sites for hydroxylation is 1. The number of hydrogen-bond donors (Lipinski definition) is 1. The Kier molecular flexibility index (Phi) is 5.18. The van der Waals surface area contributed by atoms with Gasteiger partial charge < -0.3 is 5.32 Å². The van der Waals surface area contributed by atoms with Crippen LogP contribution in [-0.2, 0) is 6.54 Å². The number of hydrogen-bond acceptors (Lipinski definition) is 2. The van der Waals surface area contributed by atoms with Crippen LogP contribution in [0.15, 0.2) is 28.9 Å². The molecular weight excluding hydrogens is 345 g/mol. The molecular formula is C14H16BrClFN3. The lowest BCUT2D eigenvalue weighted by atomic mass is 10.0. The van der Waals surface area contributed by atoms with Crippen molar-refractivity contribution in [2.75, 3.05) is 6.54 Å². The predicted molar refractivity (Wildman–Crippen MR) is 82.5 cm³/mol. The third kappa shape index (κ3) is 2.90. The normalized spacial score (nSPS) is 12.7. The van der Waals surface area contributed by atoms with E-state index in [9.17, 15) is 4.39 Å². The first-order valence-electron chi connectivity index (χ1n) is 6.48. The van der Waals surface area contributed by atoms with Crippen LogP contribution >= 0.6 is 27.5 Å². The number of nitrogens with one attached hydrogen (secondary N) is 1. The van der Waals surface area contributed by atoms with Crippen LogP contribution in [-0.4, -0.2) is 16.3 Å². The summed E-state index contributed by atoms with van der Waals surface area (Å²) in [6.45, 7) is 5.36. The van der Waals surface area contributed by atoms with Crippen LogP contribution in [0.5, 0.6) is 0 Å². The molecule has 0 saturated heterocycles. The Morgan fingerprint density at radius 1 is 1.45 bits per heavy atom. The molecule has 6 heteroatoms. The lowest BCUT2D eigenvalue weighted by Gasteiger charge is -2.22. The smallest absolute Gasteiger partial charge is 0.129 e. The number of halogens is 3. The van der Waals surface area contributed by atoms with Crippen molar-refractivity contribution in [2.24, 2.45) is 0 Å². The van der Waals surface area contributed by atoms with Gasteiger partial charge in [0, 0.05) is 17.1 Å². The monoisotopic (exact) mass is 359 g/mol. The van der Waals surface area contributed by atoms with Gasteiger partial charge in [-0.05, 0) is 41.5 Å². The van der Waals surface area contributed by atoms with Crippen LogP contribution in [0.1, 0.15) is 31.1 Å². The Balaban J connectivity index is 2.59. The van der Waals surface area contributed by atoms with E-state index in [1.165, 1.54) is 6.07 Å². The van der Waals surface area contributed by atoms with Gasteiger partial charge in [-0.3, -0.25) is 4.68 Å². The SMILES string of the molecule is CCNC(c1c(F)cccc1Cl)c1c(Br)cnn1CC. The lowest BCUT2D eigenvalue weighted by Crippen LogP contribution is -2.26. The van der Waals surface area contributed by atoms with Gasteiger partial charge in [0.1, 0.15) is 5.82 Å². The lowest BCUT2D eigenvalue weighted by molar-refractivity contribution is 0.514. The zero-order valence-corrected chi connectivity index (χ0v) is 13.7. The first-order valence-corrected chi connectivity index (χ1v) is 7.65. The molecule has 3 nitrogen and oxygen atoms in total. The molecule has 0 spiro atoms. The number of nitrogens with zero attached hydrogens (tertiary/aromatic N) is 2. The minimum Gasteiger partial charge on any atom is -0.305 e. The molecule has 0 aliphatic carbocycles. The summed E-state index contributed by atoms with van der Waals surface area (Å²) < 4.78 is 16.9. The van der Waals surface area contributed by atoms with Gasteiger partial charge in [-0.2, -0.15) is 5.10 Å². The van der Waals surface area contributed by atoms with E-state index < -0.39 is 0 Å².